The van der Waals surface area contributed by atoms with Crippen LogP contribution in [0.1, 0.15) is 5.56 Å². The molecule has 1 aromatic rings. The van der Waals surface area contributed by atoms with Gasteiger partial charge in [-0.1, -0.05) is 12.1 Å². The summed E-state index contributed by atoms with van der Waals surface area (Å²) in [4.78, 5) is 0. The van der Waals surface area contributed by atoms with E-state index in [0.29, 0.717) is 6.04 Å². The van der Waals surface area contributed by atoms with Crippen LogP contribution in [0.15, 0.2) is 24.3 Å². The van der Waals surface area contributed by atoms with Crippen LogP contribution in [-0.4, -0.2) is 26.4 Å². The Morgan fingerprint density at radius 2 is 2.14 bits per heavy atom. The van der Waals surface area contributed by atoms with Crippen LogP contribution in [0.4, 0.5) is 0 Å². The first-order valence-electron chi connectivity index (χ1n) is 4.95. The first-order valence-corrected chi connectivity index (χ1v) is 4.95. The molecule has 0 spiro atoms. The molecule has 3 nitrogen and oxygen atoms in total. The fourth-order valence-corrected chi connectivity index (χ4v) is 1.73. The lowest BCUT2D eigenvalue weighted by Crippen LogP contribution is -2.25. The van der Waals surface area contributed by atoms with E-state index in [1.807, 2.05) is 12.1 Å². The van der Waals surface area contributed by atoms with E-state index in [1.165, 1.54) is 5.56 Å². The third-order valence-electron chi connectivity index (χ3n) is 2.55. The topological polar surface area (TPSA) is 33.3 Å². The number of methoxy groups -OCH3 is 1. The van der Waals surface area contributed by atoms with Gasteiger partial charge in [0, 0.05) is 19.3 Å². The number of rotatable bonds is 3. The predicted octanol–water partition coefficient (Wildman–Crippen LogP) is 0.757. The molecule has 1 heterocycles. The van der Waals surface area contributed by atoms with Crippen molar-refractivity contribution in [2.45, 2.75) is 12.5 Å². The minimum Gasteiger partial charge on any atom is -0.497 e. The maximum absolute atomic E-state index is 5.11. The molecule has 1 aliphatic heterocycles. The number of hydrogen-bond donors (Lipinski definition) is 2. The van der Waals surface area contributed by atoms with Gasteiger partial charge < -0.3 is 15.4 Å². The molecule has 0 bridgehead atoms. The molecule has 2 N–H and O–H groups in total. The van der Waals surface area contributed by atoms with Crippen LogP contribution in [0.25, 0.3) is 0 Å². The van der Waals surface area contributed by atoms with E-state index in [0.717, 1.165) is 25.4 Å². The van der Waals surface area contributed by atoms with Gasteiger partial charge in [-0.3, -0.25) is 0 Å². The Labute approximate surface area is 84.5 Å². The van der Waals surface area contributed by atoms with Gasteiger partial charge in [0.25, 0.3) is 0 Å². The molecule has 3 heteroatoms. The summed E-state index contributed by atoms with van der Waals surface area (Å²) in [5.41, 5.74) is 1.35. The second-order valence-corrected chi connectivity index (χ2v) is 3.58. The van der Waals surface area contributed by atoms with Crippen LogP contribution in [0.3, 0.4) is 0 Å². The summed E-state index contributed by atoms with van der Waals surface area (Å²) in [6.45, 7) is 1.99. The van der Waals surface area contributed by atoms with Gasteiger partial charge in [-0.05, 0) is 24.1 Å². The van der Waals surface area contributed by atoms with E-state index in [2.05, 4.69) is 22.8 Å². The van der Waals surface area contributed by atoms with Crippen molar-refractivity contribution in [2.24, 2.45) is 0 Å². The third kappa shape index (κ3) is 2.25. The fourth-order valence-electron chi connectivity index (χ4n) is 1.73. The van der Waals surface area contributed by atoms with E-state index in [1.54, 1.807) is 7.11 Å². The van der Waals surface area contributed by atoms with Crippen molar-refractivity contribution in [1.82, 2.24) is 10.6 Å². The van der Waals surface area contributed by atoms with Crippen LogP contribution >= 0.6 is 0 Å². The Kier molecular flexibility index (Phi) is 3.01. The molecule has 2 rings (SSSR count). The lowest BCUT2D eigenvalue weighted by molar-refractivity contribution is 0.414. The molecular weight excluding hydrogens is 176 g/mol. The van der Waals surface area contributed by atoms with Gasteiger partial charge >= 0.3 is 0 Å². The normalized spacial score (nSPS) is 21.1. The first kappa shape index (κ1) is 9.49. The second-order valence-electron chi connectivity index (χ2n) is 3.58. The number of ether oxygens (including phenoxy) is 1. The highest BCUT2D eigenvalue weighted by Crippen LogP contribution is 2.12. The van der Waals surface area contributed by atoms with Crippen molar-refractivity contribution < 1.29 is 4.74 Å². The molecule has 0 unspecified atom stereocenters. The summed E-state index contributed by atoms with van der Waals surface area (Å²) >= 11 is 0. The maximum Gasteiger partial charge on any atom is 0.118 e. The van der Waals surface area contributed by atoms with Crippen LogP contribution < -0.4 is 15.4 Å². The minimum atomic E-state index is 0.573. The van der Waals surface area contributed by atoms with Gasteiger partial charge in [-0.25, -0.2) is 0 Å². The Hall–Kier alpha value is -1.06. The Morgan fingerprint density at radius 1 is 1.36 bits per heavy atom. The molecular formula is C11H16N2O. The minimum absolute atomic E-state index is 0.573. The van der Waals surface area contributed by atoms with Crippen molar-refractivity contribution in [3.05, 3.63) is 29.8 Å². The van der Waals surface area contributed by atoms with Crippen LogP contribution in [-0.2, 0) is 6.42 Å². The molecule has 76 valence electrons. The summed E-state index contributed by atoms with van der Waals surface area (Å²) in [5, 5.41) is 6.67. The van der Waals surface area contributed by atoms with Gasteiger partial charge in [0.05, 0.1) is 7.11 Å². The molecule has 14 heavy (non-hydrogen) atoms. The number of nitrogens with one attached hydrogen (secondary N) is 2. The lowest BCUT2D eigenvalue weighted by Gasteiger charge is -2.09. The zero-order valence-electron chi connectivity index (χ0n) is 8.42. The molecule has 1 aromatic carbocycles. The van der Waals surface area contributed by atoms with E-state index in [4.69, 9.17) is 4.74 Å². The third-order valence-corrected chi connectivity index (χ3v) is 2.55. The van der Waals surface area contributed by atoms with Gasteiger partial charge in [-0.2, -0.15) is 0 Å². The van der Waals surface area contributed by atoms with Crippen molar-refractivity contribution in [3.8, 4) is 5.75 Å². The summed E-state index contributed by atoms with van der Waals surface area (Å²) < 4.78 is 5.11. The average Bonchev–Trinajstić information content (AvgIpc) is 2.72. The predicted molar refractivity (Wildman–Crippen MR) is 56.5 cm³/mol. The zero-order chi connectivity index (χ0) is 9.80. The Morgan fingerprint density at radius 3 is 2.71 bits per heavy atom. The molecule has 0 amide bonds. The quantitative estimate of drug-likeness (QED) is 0.741. The molecule has 1 fully saturated rings. The monoisotopic (exact) mass is 192 g/mol. The van der Waals surface area contributed by atoms with Crippen molar-refractivity contribution in [2.75, 3.05) is 20.3 Å². The molecule has 0 saturated carbocycles. The first-order chi connectivity index (χ1) is 6.88. The summed E-state index contributed by atoms with van der Waals surface area (Å²) in [7, 11) is 1.69. The van der Waals surface area contributed by atoms with Gasteiger partial charge in [0.15, 0.2) is 0 Å². The van der Waals surface area contributed by atoms with Crippen LogP contribution in [0.2, 0.25) is 0 Å². The van der Waals surface area contributed by atoms with E-state index < -0.39 is 0 Å². The van der Waals surface area contributed by atoms with E-state index in [-0.39, 0.29) is 0 Å². The highest BCUT2D eigenvalue weighted by Gasteiger charge is 2.13. The SMILES string of the molecule is COc1ccc(C[C@@H]2CNCN2)cc1. The van der Waals surface area contributed by atoms with Crippen LogP contribution in [0, 0.1) is 0 Å². The summed E-state index contributed by atoms with van der Waals surface area (Å²) in [6.07, 6.45) is 1.08. The number of hydrogen-bond acceptors (Lipinski definition) is 3. The van der Waals surface area contributed by atoms with Crippen molar-refractivity contribution in [3.63, 3.8) is 0 Å². The summed E-state index contributed by atoms with van der Waals surface area (Å²) in [6, 6.07) is 8.84. The highest BCUT2D eigenvalue weighted by atomic mass is 16.5. The van der Waals surface area contributed by atoms with Gasteiger partial charge in [0.1, 0.15) is 5.75 Å². The summed E-state index contributed by atoms with van der Waals surface area (Å²) in [5.74, 6) is 0.922. The highest BCUT2D eigenvalue weighted by molar-refractivity contribution is 5.27. The smallest absolute Gasteiger partial charge is 0.118 e. The molecule has 0 aliphatic carbocycles. The van der Waals surface area contributed by atoms with E-state index >= 15 is 0 Å². The van der Waals surface area contributed by atoms with Crippen molar-refractivity contribution >= 4 is 0 Å². The van der Waals surface area contributed by atoms with Crippen LogP contribution in [0.5, 0.6) is 5.75 Å². The largest absolute Gasteiger partial charge is 0.497 e. The lowest BCUT2D eigenvalue weighted by atomic mass is 10.1. The Balaban J connectivity index is 1.95. The van der Waals surface area contributed by atoms with Gasteiger partial charge in [0.2, 0.25) is 0 Å². The van der Waals surface area contributed by atoms with Crippen molar-refractivity contribution in [1.29, 1.82) is 0 Å². The fraction of sp³-hybridized carbons (Fsp3) is 0.455. The molecule has 1 saturated heterocycles. The standard InChI is InChI=1S/C11H16N2O/c1-14-11-4-2-9(3-5-11)6-10-7-12-8-13-10/h2-5,10,12-13H,6-8H2,1H3/t10-/m1/s1. The average molecular weight is 192 g/mol. The number of benzene rings is 1. The Bertz CT molecular complexity index is 278. The molecule has 0 radical (unpaired) electrons. The maximum atomic E-state index is 5.11. The molecule has 1 aliphatic rings. The second kappa shape index (κ2) is 4.44. The zero-order valence-corrected chi connectivity index (χ0v) is 8.42. The molecule has 1 atom stereocenters. The van der Waals surface area contributed by atoms with Gasteiger partial charge in [-0.15, -0.1) is 0 Å². The molecule has 0 aromatic heterocycles. The van der Waals surface area contributed by atoms with E-state index in [9.17, 15) is 0 Å².